The van der Waals surface area contributed by atoms with Crippen molar-refractivity contribution in [2.24, 2.45) is 5.73 Å². The molecule has 0 spiro atoms. The summed E-state index contributed by atoms with van der Waals surface area (Å²) in [5.41, 5.74) is 1.24. The molecular weight excluding hydrogens is 433 g/mol. The fourth-order valence-electron chi connectivity index (χ4n) is 2.25. The number of anilines is 1. The van der Waals surface area contributed by atoms with Gasteiger partial charge in [-0.3, -0.25) is 9.59 Å². The van der Waals surface area contributed by atoms with Gasteiger partial charge in [0, 0.05) is 5.38 Å². The van der Waals surface area contributed by atoms with Crippen molar-refractivity contribution in [3.05, 3.63) is 40.3 Å². The summed E-state index contributed by atoms with van der Waals surface area (Å²) in [6.07, 6.45) is -4.85. The minimum Gasteiger partial charge on any atom is -0.381 e. The maximum Gasteiger partial charge on any atom is 0.416 e. The number of carbonyl (C=O) groups excluding carboxylic acids is 2. The minimum absolute atomic E-state index is 0.126. The molecule has 1 heterocycles. The fraction of sp³-hybridized carbons (Fsp3) is 0.294. The largest absolute Gasteiger partial charge is 0.416 e. The second-order valence-electron chi connectivity index (χ2n) is 6.70. The van der Waals surface area contributed by atoms with Crippen molar-refractivity contribution >= 4 is 38.7 Å². The second-order valence-corrected chi connectivity index (χ2v) is 9.76. The number of primary amides is 1. The molecule has 2 aromatic rings. The normalized spacial score (nSPS) is 12.7. The minimum atomic E-state index is -4.85. The maximum absolute atomic E-state index is 13.3. The third-order valence-electron chi connectivity index (χ3n) is 3.84. The first-order chi connectivity index (χ1) is 13.0. The first-order valence-corrected chi connectivity index (χ1v) is 10.3. The van der Waals surface area contributed by atoms with Crippen LogP contribution in [0.5, 0.6) is 0 Å². The highest BCUT2D eigenvalue weighted by atomic mass is 32.2. The Kier molecular flexibility index (Phi) is 5.85. The lowest BCUT2D eigenvalue weighted by atomic mass is 10.1. The van der Waals surface area contributed by atoms with Gasteiger partial charge in [-0.15, -0.1) is 11.3 Å². The number of sulfone groups is 1. The quantitative estimate of drug-likeness (QED) is 0.646. The van der Waals surface area contributed by atoms with Crippen molar-refractivity contribution in [1.29, 1.82) is 0 Å². The van der Waals surface area contributed by atoms with Gasteiger partial charge in [-0.05, 0) is 44.5 Å². The number of benzene rings is 1. The summed E-state index contributed by atoms with van der Waals surface area (Å²) in [5, 5.41) is 13.1. The van der Waals surface area contributed by atoms with Gasteiger partial charge in [0.1, 0.15) is 9.81 Å². The Morgan fingerprint density at radius 2 is 1.76 bits per heavy atom. The summed E-state index contributed by atoms with van der Waals surface area (Å²) in [6.45, 7) is 3.46. The van der Waals surface area contributed by atoms with Crippen LogP contribution in [-0.2, 0) is 20.8 Å². The number of halogens is 3. The summed E-state index contributed by atoms with van der Waals surface area (Å²) in [4.78, 5) is 22.6. The van der Waals surface area contributed by atoms with Crippen molar-refractivity contribution in [2.75, 3.05) is 5.32 Å². The van der Waals surface area contributed by atoms with Crippen LogP contribution in [0.15, 0.2) is 32.7 Å². The Hall–Kier alpha value is -2.44. The summed E-state index contributed by atoms with van der Waals surface area (Å²) < 4.78 is 65.4. The molecule has 158 valence electrons. The molecule has 29 heavy (non-hydrogen) atoms. The molecule has 2 rings (SSSR count). The number of thiophene rings is 1. The first-order valence-electron chi connectivity index (χ1n) is 7.94. The van der Waals surface area contributed by atoms with Gasteiger partial charge in [0.05, 0.1) is 21.7 Å². The molecule has 0 saturated carbocycles. The Morgan fingerprint density at radius 3 is 2.21 bits per heavy atom. The molecule has 0 aliphatic rings. The number of hydrogen-bond donors (Lipinski definition) is 3. The van der Waals surface area contributed by atoms with E-state index in [9.17, 15) is 36.3 Å². The van der Waals surface area contributed by atoms with Gasteiger partial charge >= 0.3 is 6.18 Å². The van der Waals surface area contributed by atoms with Gasteiger partial charge in [0.15, 0.2) is 0 Å². The van der Waals surface area contributed by atoms with E-state index in [1.54, 1.807) is 0 Å². The number of carbonyl (C=O) groups is 2. The van der Waals surface area contributed by atoms with Crippen molar-refractivity contribution in [1.82, 2.24) is 0 Å². The molecule has 0 unspecified atom stereocenters. The van der Waals surface area contributed by atoms with E-state index in [4.69, 9.17) is 5.73 Å². The molecule has 1 aromatic carbocycles. The number of hydrogen-bond acceptors (Lipinski definition) is 6. The van der Waals surface area contributed by atoms with E-state index in [1.165, 1.54) is 6.92 Å². The summed E-state index contributed by atoms with van der Waals surface area (Å²) in [7, 11) is -4.56. The average molecular weight is 450 g/mol. The number of nitrogens with two attached hydrogens (primary N) is 1. The van der Waals surface area contributed by atoms with Crippen LogP contribution in [0, 0.1) is 6.92 Å². The maximum atomic E-state index is 13.3. The molecule has 1 aromatic heterocycles. The highest BCUT2D eigenvalue weighted by Gasteiger charge is 2.36. The van der Waals surface area contributed by atoms with Crippen LogP contribution < -0.4 is 11.1 Å². The van der Waals surface area contributed by atoms with E-state index in [0.29, 0.717) is 23.5 Å². The molecule has 2 amide bonds. The van der Waals surface area contributed by atoms with E-state index < -0.39 is 53.8 Å². The lowest BCUT2D eigenvalue weighted by molar-refractivity contribution is -0.137. The molecule has 12 heteroatoms. The summed E-state index contributed by atoms with van der Waals surface area (Å²) >= 11 is 0.600. The fourth-order valence-corrected chi connectivity index (χ4v) is 5.06. The molecule has 0 fully saturated rings. The van der Waals surface area contributed by atoms with E-state index in [0.717, 1.165) is 25.3 Å². The van der Waals surface area contributed by atoms with Gasteiger partial charge in [-0.25, -0.2) is 8.42 Å². The lowest BCUT2D eigenvalue weighted by Gasteiger charge is -2.21. The highest BCUT2D eigenvalue weighted by Crippen LogP contribution is 2.39. The zero-order chi connectivity index (χ0) is 22.4. The molecule has 0 atom stereocenters. The zero-order valence-electron chi connectivity index (χ0n) is 15.4. The molecule has 4 N–H and O–H groups in total. The Balaban J connectivity index is 2.75. The van der Waals surface area contributed by atoms with Crippen LogP contribution in [0.3, 0.4) is 0 Å². The molecule has 0 bridgehead atoms. The zero-order valence-corrected chi connectivity index (χ0v) is 17.1. The third kappa shape index (κ3) is 4.77. The highest BCUT2D eigenvalue weighted by molar-refractivity contribution is 7.93. The number of rotatable bonds is 5. The Morgan fingerprint density at radius 1 is 1.17 bits per heavy atom. The van der Waals surface area contributed by atoms with Crippen LogP contribution >= 0.6 is 11.3 Å². The standard InChI is InChI=1S/C17H17F3N2O5S2/c1-8-4-10(17(18,19)20)6-11(13(8)22-15(24)16(2,3)25)29(26,27)12-5-9(7-28-12)14(21)23/h4-7,25H,1-3H3,(H2,21,23)(H,22,24). The van der Waals surface area contributed by atoms with E-state index in [1.807, 2.05) is 0 Å². The molecule has 0 radical (unpaired) electrons. The van der Waals surface area contributed by atoms with Crippen molar-refractivity contribution in [3.63, 3.8) is 0 Å². The predicted molar refractivity (Wildman–Crippen MR) is 99.4 cm³/mol. The van der Waals surface area contributed by atoms with Gasteiger partial charge in [-0.2, -0.15) is 13.2 Å². The number of alkyl halides is 3. The van der Waals surface area contributed by atoms with Gasteiger partial charge in [-0.1, -0.05) is 0 Å². The van der Waals surface area contributed by atoms with Crippen LogP contribution in [-0.4, -0.2) is 30.9 Å². The molecular formula is C17H17F3N2O5S2. The number of nitrogens with one attached hydrogen (secondary N) is 1. The van der Waals surface area contributed by atoms with Crippen LogP contribution in [0.2, 0.25) is 0 Å². The van der Waals surface area contributed by atoms with Crippen molar-refractivity contribution in [2.45, 2.75) is 41.7 Å². The SMILES string of the molecule is Cc1cc(C(F)(F)F)cc(S(=O)(=O)c2cc(C(N)=O)cs2)c1NC(=O)C(C)(C)O. The molecule has 0 aliphatic carbocycles. The molecule has 0 saturated heterocycles. The molecule has 7 nitrogen and oxygen atoms in total. The lowest BCUT2D eigenvalue weighted by Crippen LogP contribution is -2.37. The van der Waals surface area contributed by atoms with Gasteiger partial charge in [0.25, 0.3) is 5.91 Å². The van der Waals surface area contributed by atoms with Gasteiger partial charge < -0.3 is 16.2 Å². The van der Waals surface area contributed by atoms with Gasteiger partial charge in [0.2, 0.25) is 15.7 Å². The van der Waals surface area contributed by atoms with Crippen LogP contribution in [0.25, 0.3) is 0 Å². The first kappa shape index (κ1) is 22.8. The van der Waals surface area contributed by atoms with Crippen LogP contribution in [0.1, 0.15) is 35.3 Å². The smallest absolute Gasteiger partial charge is 0.381 e. The number of aryl methyl sites for hydroxylation is 1. The van der Waals surface area contributed by atoms with Crippen LogP contribution in [0.4, 0.5) is 18.9 Å². The summed E-state index contributed by atoms with van der Waals surface area (Å²) in [5.74, 6) is -1.92. The van der Waals surface area contributed by atoms with Crippen molar-refractivity contribution < 1.29 is 36.3 Å². The Bertz CT molecular complexity index is 1080. The molecule has 0 aliphatic heterocycles. The average Bonchev–Trinajstić information content (AvgIpc) is 3.05. The topological polar surface area (TPSA) is 127 Å². The third-order valence-corrected chi connectivity index (χ3v) is 7.05. The summed E-state index contributed by atoms with van der Waals surface area (Å²) in [6, 6.07) is 2.02. The van der Waals surface area contributed by atoms with E-state index in [2.05, 4.69) is 5.32 Å². The predicted octanol–water partition coefficient (Wildman–Crippen LogP) is 2.72. The van der Waals surface area contributed by atoms with Crippen molar-refractivity contribution in [3.8, 4) is 0 Å². The van der Waals surface area contributed by atoms with E-state index >= 15 is 0 Å². The van der Waals surface area contributed by atoms with E-state index in [-0.39, 0.29) is 11.1 Å². The second kappa shape index (κ2) is 7.43. The monoisotopic (exact) mass is 450 g/mol. The number of aliphatic hydroxyl groups is 1. The Labute approximate surface area is 168 Å². The number of amides is 2.